The minimum absolute atomic E-state index is 0.585. The van der Waals surface area contributed by atoms with Crippen LogP contribution in [0.1, 0.15) is 22.3 Å². The van der Waals surface area contributed by atoms with Crippen LogP contribution in [0.3, 0.4) is 0 Å². The molecule has 0 aliphatic rings. The van der Waals surface area contributed by atoms with Gasteiger partial charge in [-0.3, -0.25) is 0 Å². The molecule has 102 valence electrons. The van der Waals surface area contributed by atoms with Gasteiger partial charge in [0.2, 0.25) is 0 Å². The first-order valence-corrected chi connectivity index (χ1v) is 6.39. The van der Waals surface area contributed by atoms with Crippen LogP contribution in [0.2, 0.25) is 0 Å². The molecule has 19 heavy (non-hydrogen) atoms. The minimum Gasteiger partial charge on any atom is -0.496 e. The molecule has 0 fully saturated rings. The van der Waals surface area contributed by atoms with Gasteiger partial charge in [0.25, 0.3) is 0 Å². The summed E-state index contributed by atoms with van der Waals surface area (Å²) in [5.74, 6) is 1.75. The van der Waals surface area contributed by atoms with Crippen molar-refractivity contribution in [3.63, 3.8) is 0 Å². The summed E-state index contributed by atoms with van der Waals surface area (Å²) < 4.78 is 10.9. The molecule has 0 saturated carbocycles. The van der Waals surface area contributed by atoms with Gasteiger partial charge in [-0.05, 0) is 56.5 Å². The van der Waals surface area contributed by atoms with Crippen LogP contribution < -0.4 is 10.5 Å². The number of benzene rings is 1. The summed E-state index contributed by atoms with van der Waals surface area (Å²) in [6, 6.07) is 2.09. The van der Waals surface area contributed by atoms with E-state index in [1.807, 2.05) is 6.92 Å². The molecule has 2 N–H and O–H groups in total. The molecule has 1 aromatic heterocycles. The molecule has 0 atom stereocenters. The van der Waals surface area contributed by atoms with Crippen LogP contribution in [0.25, 0.3) is 11.3 Å². The second-order valence-corrected chi connectivity index (χ2v) is 4.74. The highest BCUT2D eigenvalue weighted by Gasteiger charge is 2.17. The normalized spacial score (nSPS) is 10.8. The van der Waals surface area contributed by atoms with Crippen LogP contribution in [0.5, 0.6) is 5.75 Å². The minimum atomic E-state index is 0.585. The van der Waals surface area contributed by atoms with Gasteiger partial charge < -0.3 is 15.0 Å². The molecule has 2 aromatic rings. The zero-order valence-electron chi connectivity index (χ0n) is 11.9. The highest BCUT2D eigenvalue weighted by atomic mass is 16.5. The van der Waals surface area contributed by atoms with Crippen LogP contribution in [0.15, 0.2) is 16.8 Å². The fraction of sp³-hybridized carbons (Fsp3) is 0.400. The Bertz CT molecular complexity index is 588. The summed E-state index contributed by atoms with van der Waals surface area (Å²) >= 11 is 0. The second-order valence-electron chi connectivity index (χ2n) is 4.74. The lowest BCUT2D eigenvalue weighted by Crippen LogP contribution is -2.03. The monoisotopic (exact) mass is 260 g/mol. The van der Waals surface area contributed by atoms with Gasteiger partial charge in [0, 0.05) is 11.1 Å². The first kappa shape index (κ1) is 13.6. The summed E-state index contributed by atoms with van der Waals surface area (Å²) in [5, 5.41) is 3.90. The SMILES string of the molecule is COc1c(C)cc(-c2oncc2CCN)c(C)c1C. The Hall–Kier alpha value is -1.81. The maximum Gasteiger partial charge on any atom is 0.170 e. The van der Waals surface area contributed by atoms with Crippen molar-refractivity contribution >= 4 is 0 Å². The van der Waals surface area contributed by atoms with E-state index in [0.29, 0.717) is 6.54 Å². The Kier molecular flexibility index (Phi) is 3.90. The summed E-state index contributed by atoms with van der Waals surface area (Å²) in [5.41, 5.74) is 11.1. The lowest BCUT2D eigenvalue weighted by Gasteiger charge is -2.14. The van der Waals surface area contributed by atoms with Gasteiger partial charge in [0.1, 0.15) is 5.75 Å². The highest BCUT2D eigenvalue weighted by molar-refractivity contribution is 5.70. The second kappa shape index (κ2) is 5.45. The van der Waals surface area contributed by atoms with Crippen LogP contribution in [-0.4, -0.2) is 18.8 Å². The average molecular weight is 260 g/mol. The Morgan fingerprint density at radius 1 is 1.26 bits per heavy atom. The van der Waals surface area contributed by atoms with Crippen molar-refractivity contribution < 1.29 is 9.26 Å². The Morgan fingerprint density at radius 3 is 2.63 bits per heavy atom. The molecule has 0 bridgehead atoms. The van der Waals surface area contributed by atoms with Crippen molar-refractivity contribution in [1.29, 1.82) is 0 Å². The van der Waals surface area contributed by atoms with Crippen LogP contribution >= 0.6 is 0 Å². The van der Waals surface area contributed by atoms with E-state index in [1.165, 1.54) is 0 Å². The molecule has 4 heteroatoms. The lowest BCUT2D eigenvalue weighted by molar-refractivity contribution is 0.407. The number of nitrogens with two attached hydrogens (primary N) is 1. The van der Waals surface area contributed by atoms with Gasteiger partial charge >= 0.3 is 0 Å². The van der Waals surface area contributed by atoms with Crippen molar-refractivity contribution in [2.75, 3.05) is 13.7 Å². The number of hydrogen-bond acceptors (Lipinski definition) is 4. The molecule has 0 amide bonds. The number of rotatable bonds is 4. The zero-order valence-corrected chi connectivity index (χ0v) is 11.9. The molecular formula is C15H20N2O2. The van der Waals surface area contributed by atoms with Gasteiger partial charge in [-0.1, -0.05) is 5.16 Å². The quantitative estimate of drug-likeness (QED) is 0.918. The zero-order chi connectivity index (χ0) is 14.0. The molecule has 0 aliphatic heterocycles. The first-order valence-electron chi connectivity index (χ1n) is 6.39. The summed E-state index contributed by atoms with van der Waals surface area (Å²) in [6.07, 6.45) is 2.51. The number of methoxy groups -OCH3 is 1. The Balaban J connectivity index is 2.60. The predicted molar refractivity (Wildman–Crippen MR) is 75.5 cm³/mol. The van der Waals surface area contributed by atoms with Gasteiger partial charge in [0.05, 0.1) is 13.3 Å². The largest absolute Gasteiger partial charge is 0.496 e. The summed E-state index contributed by atoms with van der Waals surface area (Å²) in [7, 11) is 1.70. The Labute approximate surface area is 113 Å². The molecule has 4 nitrogen and oxygen atoms in total. The summed E-state index contributed by atoms with van der Waals surface area (Å²) in [6.45, 7) is 6.75. The molecule has 0 aliphatic carbocycles. The predicted octanol–water partition coefficient (Wildman–Crippen LogP) is 2.78. The van der Waals surface area contributed by atoms with Crippen molar-refractivity contribution in [3.05, 3.63) is 34.5 Å². The van der Waals surface area contributed by atoms with Gasteiger partial charge in [-0.2, -0.15) is 0 Å². The van der Waals surface area contributed by atoms with Crippen LogP contribution in [-0.2, 0) is 6.42 Å². The number of aromatic nitrogens is 1. The maximum atomic E-state index is 5.62. The number of nitrogens with zero attached hydrogens (tertiary/aromatic N) is 1. The van der Waals surface area contributed by atoms with Gasteiger partial charge in [-0.15, -0.1) is 0 Å². The molecule has 2 rings (SSSR count). The van der Waals surface area contributed by atoms with Gasteiger partial charge in [-0.25, -0.2) is 0 Å². The molecule has 0 unspecified atom stereocenters. The summed E-state index contributed by atoms with van der Waals surface area (Å²) in [4.78, 5) is 0. The van der Waals surface area contributed by atoms with Crippen molar-refractivity contribution in [1.82, 2.24) is 5.16 Å². The fourth-order valence-corrected chi connectivity index (χ4v) is 2.42. The van der Waals surface area contributed by atoms with E-state index in [4.69, 9.17) is 15.0 Å². The molecular weight excluding hydrogens is 240 g/mol. The third-order valence-electron chi connectivity index (χ3n) is 3.53. The third-order valence-corrected chi connectivity index (χ3v) is 3.53. The van der Waals surface area contributed by atoms with Crippen molar-refractivity contribution in [2.24, 2.45) is 5.73 Å². The molecule has 0 spiro atoms. The van der Waals surface area contributed by atoms with E-state index in [9.17, 15) is 0 Å². The fourth-order valence-electron chi connectivity index (χ4n) is 2.42. The number of ether oxygens (including phenoxy) is 1. The first-order chi connectivity index (χ1) is 9.10. The van der Waals surface area contributed by atoms with Crippen LogP contribution in [0, 0.1) is 20.8 Å². The lowest BCUT2D eigenvalue weighted by atomic mass is 9.95. The molecule has 0 saturated heterocycles. The van der Waals surface area contributed by atoms with Crippen molar-refractivity contribution in [3.8, 4) is 17.1 Å². The average Bonchev–Trinajstić information content (AvgIpc) is 2.83. The van der Waals surface area contributed by atoms with E-state index in [1.54, 1.807) is 13.3 Å². The van der Waals surface area contributed by atoms with Crippen LogP contribution in [0.4, 0.5) is 0 Å². The number of aryl methyl sites for hydroxylation is 1. The van der Waals surface area contributed by atoms with E-state index in [-0.39, 0.29) is 0 Å². The van der Waals surface area contributed by atoms with E-state index in [0.717, 1.165) is 45.7 Å². The smallest absolute Gasteiger partial charge is 0.170 e. The van der Waals surface area contributed by atoms with Gasteiger partial charge in [0.15, 0.2) is 5.76 Å². The van der Waals surface area contributed by atoms with E-state index >= 15 is 0 Å². The number of hydrogen-bond donors (Lipinski definition) is 1. The molecule has 1 heterocycles. The topological polar surface area (TPSA) is 61.3 Å². The maximum absolute atomic E-state index is 5.62. The Morgan fingerprint density at radius 2 is 2.00 bits per heavy atom. The standard InChI is InChI=1S/C15H20N2O2/c1-9-7-13(10(2)11(3)14(9)18-4)15-12(5-6-16)8-17-19-15/h7-8H,5-6,16H2,1-4H3. The molecule has 1 aromatic carbocycles. The van der Waals surface area contributed by atoms with Crippen molar-refractivity contribution in [2.45, 2.75) is 27.2 Å². The van der Waals surface area contributed by atoms with E-state index < -0.39 is 0 Å². The third kappa shape index (κ3) is 2.36. The molecule has 0 radical (unpaired) electrons. The highest BCUT2D eigenvalue weighted by Crippen LogP contribution is 2.35. The van der Waals surface area contributed by atoms with E-state index in [2.05, 4.69) is 25.1 Å².